The number of benzene rings is 2. The average Bonchev–Trinajstić information content (AvgIpc) is 3.21. The molecule has 2 aliphatic rings. The van der Waals surface area contributed by atoms with E-state index in [-0.39, 0.29) is 22.1 Å². The van der Waals surface area contributed by atoms with Gasteiger partial charge in [-0.15, -0.1) is 0 Å². The van der Waals surface area contributed by atoms with Crippen LogP contribution in [0.15, 0.2) is 58.2 Å². The highest BCUT2D eigenvalue weighted by Crippen LogP contribution is 2.31. The Balaban J connectivity index is 1.23. The number of carbonyl (C=O) groups excluding carboxylic acids is 1. The molecular formula is C25H29N5O4S. The van der Waals surface area contributed by atoms with Gasteiger partial charge in [-0.1, -0.05) is 24.3 Å². The zero-order valence-corrected chi connectivity index (χ0v) is 20.3. The Labute approximate surface area is 204 Å². The number of amides is 1. The van der Waals surface area contributed by atoms with Crippen LogP contribution in [0.2, 0.25) is 0 Å². The van der Waals surface area contributed by atoms with E-state index in [0.29, 0.717) is 38.3 Å². The van der Waals surface area contributed by atoms with Gasteiger partial charge < -0.3 is 5.32 Å². The zero-order valence-electron chi connectivity index (χ0n) is 19.5. The van der Waals surface area contributed by atoms with Gasteiger partial charge in [0.1, 0.15) is 5.82 Å². The molecule has 184 valence electrons. The first kappa shape index (κ1) is 23.3. The third-order valence-corrected chi connectivity index (χ3v) is 8.42. The van der Waals surface area contributed by atoms with Crippen LogP contribution in [0.5, 0.6) is 0 Å². The van der Waals surface area contributed by atoms with Crippen molar-refractivity contribution in [2.24, 2.45) is 0 Å². The van der Waals surface area contributed by atoms with Crippen LogP contribution < -0.4 is 15.3 Å². The minimum absolute atomic E-state index is 0.0942. The topological polar surface area (TPSA) is 106 Å². The van der Waals surface area contributed by atoms with Crippen LogP contribution in [-0.2, 0) is 36.0 Å². The van der Waals surface area contributed by atoms with Crippen molar-refractivity contribution >= 4 is 21.6 Å². The molecule has 0 unspecified atom stereocenters. The second kappa shape index (κ2) is 9.69. The molecule has 0 saturated heterocycles. The third-order valence-electron chi connectivity index (χ3n) is 6.62. The van der Waals surface area contributed by atoms with Gasteiger partial charge >= 0.3 is 5.69 Å². The average molecular weight is 496 g/mol. The normalized spacial score (nSPS) is 15.4. The van der Waals surface area contributed by atoms with Crippen molar-refractivity contribution in [2.75, 3.05) is 17.4 Å². The molecule has 3 heterocycles. The third kappa shape index (κ3) is 4.62. The quantitative estimate of drug-likeness (QED) is 0.507. The molecule has 35 heavy (non-hydrogen) atoms. The summed E-state index contributed by atoms with van der Waals surface area (Å²) in [6.45, 7) is 1.89. The van der Waals surface area contributed by atoms with E-state index in [4.69, 9.17) is 0 Å². The molecule has 0 bridgehead atoms. The Bertz CT molecular complexity index is 1410. The largest absolute Gasteiger partial charge is 0.352 e. The monoisotopic (exact) mass is 495 g/mol. The van der Waals surface area contributed by atoms with Gasteiger partial charge in [-0.2, -0.15) is 5.10 Å². The van der Waals surface area contributed by atoms with Gasteiger partial charge in [0, 0.05) is 38.2 Å². The maximum atomic E-state index is 13.4. The lowest BCUT2D eigenvalue weighted by molar-refractivity contribution is 0.0952. The minimum atomic E-state index is -3.79. The van der Waals surface area contributed by atoms with Crippen molar-refractivity contribution in [2.45, 2.75) is 56.5 Å². The number of hydrogen-bond acceptors (Lipinski definition) is 5. The molecule has 1 aromatic heterocycles. The first-order valence-corrected chi connectivity index (χ1v) is 13.5. The number of rotatable bonds is 7. The maximum absolute atomic E-state index is 13.4. The van der Waals surface area contributed by atoms with E-state index >= 15 is 0 Å². The molecule has 1 amide bonds. The summed E-state index contributed by atoms with van der Waals surface area (Å²) >= 11 is 0. The maximum Gasteiger partial charge on any atom is 0.345 e. The molecular weight excluding hydrogens is 466 g/mol. The number of anilines is 1. The van der Waals surface area contributed by atoms with Crippen molar-refractivity contribution in [3.8, 4) is 0 Å². The fourth-order valence-electron chi connectivity index (χ4n) is 4.80. The smallest absolute Gasteiger partial charge is 0.345 e. The van der Waals surface area contributed by atoms with Crippen molar-refractivity contribution in [1.82, 2.24) is 19.7 Å². The van der Waals surface area contributed by atoms with Crippen LogP contribution in [0.4, 0.5) is 5.69 Å². The van der Waals surface area contributed by atoms with E-state index in [1.54, 1.807) is 16.7 Å². The number of hydrogen-bond donors (Lipinski definition) is 1. The lowest BCUT2D eigenvalue weighted by atomic mass is 10.0. The lowest BCUT2D eigenvalue weighted by Gasteiger charge is -2.30. The first-order chi connectivity index (χ1) is 16.9. The number of para-hydroxylation sites is 1. The van der Waals surface area contributed by atoms with Crippen LogP contribution >= 0.6 is 0 Å². The summed E-state index contributed by atoms with van der Waals surface area (Å²) < 4.78 is 31.5. The summed E-state index contributed by atoms with van der Waals surface area (Å²) in [6.07, 6.45) is 5.00. The molecule has 0 spiro atoms. The molecule has 9 nitrogen and oxygen atoms in total. The molecule has 3 aromatic rings. The highest BCUT2D eigenvalue weighted by molar-refractivity contribution is 7.92. The van der Waals surface area contributed by atoms with Gasteiger partial charge in [-0.05, 0) is 61.9 Å². The summed E-state index contributed by atoms with van der Waals surface area (Å²) in [6, 6.07) is 13.7. The summed E-state index contributed by atoms with van der Waals surface area (Å²) in [5.74, 6) is 0.484. The van der Waals surface area contributed by atoms with E-state index in [2.05, 4.69) is 10.4 Å². The Hall–Kier alpha value is -3.40. The highest BCUT2D eigenvalue weighted by Gasteiger charge is 2.29. The Morgan fingerprint density at radius 1 is 1.00 bits per heavy atom. The molecule has 0 saturated carbocycles. The molecule has 0 atom stereocenters. The molecule has 5 rings (SSSR count). The number of nitrogens with zero attached hydrogens (tertiary/aromatic N) is 4. The molecule has 0 fully saturated rings. The van der Waals surface area contributed by atoms with Gasteiger partial charge in [0.05, 0.1) is 10.6 Å². The molecule has 1 N–H and O–H groups in total. The van der Waals surface area contributed by atoms with Crippen molar-refractivity contribution in [1.29, 1.82) is 0 Å². The Morgan fingerprint density at radius 2 is 1.86 bits per heavy atom. The standard InChI is InChI=1S/C25H29N5O4S/c31-24(26-14-7-16-29-25(32)28-15-4-3-13-23(28)27-29)20-9-5-11-21(18-20)35(33,34)30-17-6-10-19-8-1-2-12-22(19)30/h1-2,5,8-9,11-12,18H,3-4,6-7,10,13-17H2,(H,26,31). The van der Waals surface area contributed by atoms with E-state index in [1.165, 1.54) is 21.1 Å². The number of nitrogens with one attached hydrogen (secondary N) is 1. The van der Waals surface area contributed by atoms with Crippen LogP contribution in [0, 0.1) is 0 Å². The number of sulfonamides is 1. The second-order valence-corrected chi connectivity index (χ2v) is 10.8. The second-order valence-electron chi connectivity index (χ2n) is 8.98. The number of aryl methyl sites for hydroxylation is 3. The summed E-state index contributed by atoms with van der Waals surface area (Å²) in [7, 11) is -3.79. The van der Waals surface area contributed by atoms with E-state index < -0.39 is 10.0 Å². The highest BCUT2D eigenvalue weighted by atomic mass is 32.2. The number of fused-ring (bicyclic) bond motifs is 2. The predicted octanol–water partition coefficient (Wildman–Crippen LogP) is 2.34. The van der Waals surface area contributed by atoms with Crippen molar-refractivity contribution in [3.05, 3.63) is 76.0 Å². The number of carbonyl (C=O) groups is 1. The SMILES string of the molecule is O=C(NCCCn1nc2n(c1=O)CCCC2)c1cccc(S(=O)(=O)N2CCCc3ccccc32)c1. The fourth-order valence-corrected chi connectivity index (χ4v) is 6.39. The summed E-state index contributed by atoms with van der Waals surface area (Å²) in [5, 5.41) is 7.23. The van der Waals surface area contributed by atoms with Gasteiger partial charge in [0.2, 0.25) is 0 Å². The minimum Gasteiger partial charge on any atom is -0.352 e. The van der Waals surface area contributed by atoms with Gasteiger partial charge in [0.25, 0.3) is 15.9 Å². The van der Waals surface area contributed by atoms with E-state index in [0.717, 1.165) is 43.5 Å². The Morgan fingerprint density at radius 3 is 2.71 bits per heavy atom. The predicted molar refractivity (Wildman–Crippen MR) is 132 cm³/mol. The Kier molecular flexibility index (Phi) is 6.46. The first-order valence-electron chi connectivity index (χ1n) is 12.1. The fraction of sp³-hybridized carbons (Fsp3) is 0.400. The van der Waals surface area contributed by atoms with E-state index in [9.17, 15) is 18.0 Å². The van der Waals surface area contributed by atoms with Crippen LogP contribution in [0.25, 0.3) is 0 Å². The molecule has 0 aliphatic carbocycles. The van der Waals surface area contributed by atoms with Gasteiger partial charge in [0.15, 0.2) is 0 Å². The van der Waals surface area contributed by atoms with Crippen LogP contribution in [0.3, 0.4) is 0 Å². The summed E-state index contributed by atoms with van der Waals surface area (Å²) in [4.78, 5) is 25.2. The molecule has 0 radical (unpaired) electrons. The van der Waals surface area contributed by atoms with Gasteiger partial charge in [-0.3, -0.25) is 13.7 Å². The lowest BCUT2D eigenvalue weighted by Crippen LogP contribution is -2.35. The van der Waals surface area contributed by atoms with Crippen molar-refractivity contribution in [3.63, 3.8) is 0 Å². The molecule has 2 aromatic carbocycles. The molecule has 10 heteroatoms. The van der Waals surface area contributed by atoms with Crippen LogP contribution in [0.1, 0.15) is 47.4 Å². The zero-order chi connectivity index (χ0) is 24.4. The van der Waals surface area contributed by atoms with Crippen molar-refractivity contribution < 1.29 is 13.2 Å². The van der Waals surface area contributed by atoms with E-state index in [1.807, 2.05) is 24.3 Å². The molecule has 2 aliphatic heterocycles. The van der Waals surface area contributed by atoms with Gasteiger partial charge in [-0.25, -0.2) is 17.9 Å². The number of aromatic nitrogens is 3. The summed E-state index contributed by atoms with van der Waals surface area (Å²) in [5.41, 5.74) is 1.90. The van der Waals surface area contributed by atoms with Crippen LogP contribution in [-0.4, -0.2) is 41.8 Å².